The molecule has 5 nitrogen and oxygen atoms in total. The van der Waals surface area contributed by atoms with Gasteiger partial charge >= 0.3 is 0 Å². The molecule has 18 heavy (non-hydrogen) atoms. The molecule has 0 bridgehead atoms. The highest BCUT2D eigenvalue weighted by molar-refractivity contribution is 5.90. The highest BCUT2D eigenvalue weighted by Gasteiger charge is 2.51. The van der Waals surface area contributed by atoms with Crippen LogP contribution in [-0.2, 0) is 9.59 Å². The summed E-state index contributed by atoms with van der Waals surface area (Å²) in [6.07, 6.45) is 2.04. The van der Waals surface area contributed by atoms with Crippen LogP contribution >= 0.6 is 0 Å². The summed E-state index contributed by atoms with van der Waals surface area (Å²) in [4.78, 5) is 27.4. The van der Waals surface area contributed by atoms with E-state index in [9.17, 15) is 14.9 Å². The van der Waals surface area contributed by atoms with Crippen molar-refractivity contribution in [1.29, 1.82) is 5.26 Å². The minimum absolute atomic E-state index is 0.0405. The number of carbonyl (C=O) groups excluding carboxylic acids is 2. The molecule has 98 valence electrons. The van der Waals surface area contributed by atoms with Crippen LogP contribution in [-0.4, -0.2) is 48.3 Å². The van der Waals surface area contributed by atoms with Gasteiger partial charge in [-0.15, -0.1) is 0 Å². The lowest BCUT2D eigenvalue weighted by atomic mass is 9.62. The molecular weight excluding hydrogens is 230 g/mol. The molecule has 2 aliphatic rings. The van der Waals surface area contributed by atoms with Crippen molar-refractivity contribution in [1.82, 2.24) is 9.80 Å². The number of hydrogen-bond donors (Lipinski definition) is 0. The SMILES string of the molecule is CC1CC(C#N)(C(=O)N2CCCN(C)C(=O)C2)C1. The summed E-state index contributed by atoms with van der Waals surface area (Å²) < 4.78 is 0. The zero-order chi connectivity index (χ0) is 13.3. The molecule has 0 radical (unpaired) electrons. The molecule has 0 N–H and O–H groups in total. The summed E-state index contributed by atoms with van der Waals surface area (Å²) in [5.74, 6) is 0.243. The molecule has 2 amide bonds. The van der Waals surface area contributed by atoms with E-state index in [0.29, 0.717) is 31.8 Å². The fraction of sp³-hybridized carbons (Fsp3) is 0.769. The normalized spacial score (nSPS) is 32.5. The van der Waals surface area contributed by atoms with E-state index >= 15 is 0 Å². The van der Waals surface area contributed by atoms with Gasteiger partial charge in [0.25, 0.3) is 0 Å². The van der Waals surface area contributed by atoms with Gasteiger partial charge in [-0.25, -0.2) is 0 Å². The smallest absolute Gasteiger partial charge is 0.243 e. The fourth-order valence-electron chi connectivity index (χ4n) is 2.91. The molecule has 0 aromatic carbocycles. The first-order chi connectivity index (χ1) is 8.48. The van der Waals surface area contributed by atoms with Crippen LogP contribution in [0.4, 0.5) is 0 Å². The van der Waals surface area contributed by atoms with Gasteiger partial charge in [-0.05, 0) is 25.2 Å². The Bertz CT molecular complexity index is 407. The van der Waals surface area contributed by atoms with Gasteiger partial charge in [0, 0.05) is 20.1 Å². The molecule has 0 aromatic heterocycles. The number of amides is 2. The highest BCUT2D eigenvalue weighted by Crippen LogP contribution is 2.46. The molecule has 2 fully saturated rings. The third-order valence-corrected chi connectivity index (χ3v) is 3.98. The summed E-state index contributed by atoms with van der Waals surface area (Å²) in [7, 11) is 1.75. The average Bonchev–Trinajstić information content (AvgIpc) is 2.47. The van der Waals surface area contributed by atoms with Gasteiger partial charge in [-0.3, -0.25) is 9.59 Å². The summed E-state index contributed by atoms with van der Waals surface area (Å²) in [5, 5.41) is 9.25. The van der Waals surface area contributed by atoms with Crippen molar-refractivity contribution in [2.24, 2.45) is 11.3 Å². The van der Waals surface area contributed by atoms with Crippen LogP contribution in [0.25, 0.3) is 0 Å². The minimum atomic E-state index is -0.859. The Balaban J connectivity index is 2.09. The van der Waals surface area contributed by atoms with Crippen LogP contribution in [0.2, 0.25) is 0 Å². The third-order valence-electron chi connectivity index (χ3n) is 3.98. The molecule has 1 saturated carbocycles. The third kappa shape index (κ3) is 2.07. The van der Waals surface area contributed by atoms with E-state index in [1.165, 1.54) is 0 Å². The van der Waals surface area contributed by atoms with Crippen molar-refractivity contribution in [3.8, 4) is 6.07 Å². The van der Waals surface area contributed by atoms with E-state index in [4.69, 9.17) is 0 Å². The zero-order valence-electron chi connectivity index (χ0n) is 11.0. The predicted molar refractivity (Wildman–Crippen MR) is 65.3 cm³/mol. The summed E-state index contributed by atoms with van der Waals surface area (Å²) in [6, 6.07) is 2.17. The Hall–Kier alpha value is -1.57. The summed E-state index contributed by atoms with van der Waals surface area (Å²) in [5.41, 5.74) is -0.859. The van der Waals surface area contributed by atoms with E-state index in [2.05, 4.69) is 6.07 Å². The number of likely N-dealkylation sites (N-methyl/N-ethyl adjacent to an activating group) is 1. The summed E-state index contributed by atoms with van der Waals surface area (Å²) in [6.45, 7) is 3.42. The van der Waals surface area contributed by atoms with Crippen molar-refractivity contribution in [3.05, 3.63) is 0 Å². The molecule has 0 aromatic rings. The van der Waals surface area contributed by atoms with Crippen LogP contribution in [0.3, 0.4) is 0 Å². The standard InChI is InChI=1S/C13H19N3O2/c1-10-6-13(7-10,9-14)12(18)16-5-3-4-15(2)11(17)8-16/h10H,3-8H2,1-2H3. The molecule has 0 unspecified atom stereocenters. The summed E-state index contributed by atoms with van der Waals surface area (Å²) >= 11 is 0. The van der Waals surface area contributed by atoms with Gasteiger partial charge in [0.15, 0.2) is 0 Å². The first-order valence-electron chi connectivity index (χ1n) is 6.43. The van der Waals surface area contributed by atoms with Gasteiger partial charge in [0.2, 0.25) is 11.8 Å². The van der Waals surface area contributed by atoms with Crippen LogP contribution in [0.5, 0.6) is 0 Å². The minimum Gasteiger partial charge on any atom is -0.344 e. The second-order valence-corrected chi connectivity index (χ2v) is 5.60. The van der Waals surface area contributed by atoms with Crippen molar-refractivity contribution >= 4 is 11.8 Å². The van der Waals surface area contributed by atoms with Gasteiger partial charge in [-0.2, -0.15) is 5.26 Å². The number of carbonyl (C=O) groups is 2. The number of nitrogens with zero attached hydrogens (tertiary/aromatic N) is 3. The van der Waals surface area contributed by atoms with Crippen molar-refractivity contribution < 1.29 is 9.59 Å². The van der Waals surface area contributed by atoms with E-state index in [0.717, 1.165) is 6.42 Å². The molecule has 1 saturated heterocycles. The fourth-order valence-corrected chi connectivity index (χ4v) is 2.91. The maximum absolute atomic E-state index is 12.4. The number of rotatable bonds is 1. The molecule has 2 rings (SSSR count). The van der Waals surface area contributed by atoms with Crippen LogP contribution < -0.4 is 0 Å². The first-order valence-corrected chi connectivity index (χ1v) is 6.43. The lowest BCUT2D eigenvalue weighted by Crippen LogP contribution is -2.51. The number of nitriles is 1. The Morgan fingerprint density at radius 1 is 1.44 bits per heavy atom. The van der Waals surface area contributed by atoms with E-state index in [1.807, 2.05) is 6.92 Å². The molecule has 5 heteroatoms. The van der Waals surface area contributed by atoms with Crippen LogP contribution in [0, 0.1) is 22.7 Å². The van der Waals surface area contributed by atoms with E-state index < -0.39 is 5.41 Å². The molecule has 0 spiro atoms. The van der Waals surface area contributed by atoms with Crippen molar-refractivity contribution in [2.75, 3.05) is 26.7 Å². The first kappa shape index (κ1) is 12.9. The lowest BCUT2D eigenvalue weighted by Gasteiger charge is -2.42. The maximum Gasteiger partial charge on any atom is 0.243 e. The Kier molecular flexibility index (Phi) is 3.29. The lowest BCUT2D eigenvalue weighted by molar-refractivity contribution is -0.148. The second-order valence-electron chi connectivity index (χ2n) is 5.60. The highest BCUT2D eigenvalue weighted by atomic mass is 16.2. The molecule has 1 aliphatic carbocycles. The van der Waals surface area contributed by atoms with Gasteiger partial charge in [-0.1, -0.05) is 6.92 Å². The van der Waals surface area contributed by atoms with Gasteiger partial charge < -0.3 is 9.80 Å². The predicted octanol–water partition coefficient (Wildman–Crippen LogP) is 0.617. The topological polar surface area (TPSA) is 64.4 Å². The molecule has 1 aliphatic heterocycles. The number of hydrogen-bond acceptors (Lipinski definition) is 3. The maximum atomic E-state index is 12.4. The van der Waals surface area contributed by atoms with Crippen molar-refractivity contribution in [3.63, 3.8) is 0 Å². The quantitative estimate of drug-likeness (QED) is 0.684. The van der Waals surface area contributed by atoms with Gasteiger partial charge in [0.1, 0.15) is 5.41 Å². The van der Waals surface area contributed by atoms with E-state index in [-0.39, 0.29) is 18.4 Å². The molecule has 0 atom stereocenters. The second kappa shape index (κ2) is 4.60. The molecule has 1 heterocycles. The van der Waals surface area contributed by atoms with Crippen LogP contribution in [0.1, 0.15) is 26.2 Å². The van der Waals surface area contributed by atoms with Crippen molar-refractivity contribution in [2.45, 2.75) is 26.2 Å². The van der Waals surface area contributed by atoms with Gasteiger partial charge in [0.05, 0.1) is 12.6 Å². The largest absolute Gasteiger partial charge is 0.344 e. The van der Waals surface area contributed by atoms with Crippen LogP contribution in [0.15, 0.2) is 0 Å². The molecular formula is C13H19N3O2. The Labute approximate surface area is 107 Å². The Morgan fingerprint density at radius 3 is 2.67 bits per heavy atom. The van der Waals surface area contributed by atoms with E-state index in [1.54, 1.807) is 16.8 Å². The monoisotopic (exact) mass is 249 g/mol. The average molecular weight is 249 g/mol. The Morgan fingerprint density at radius 2 is 2.11 bits per heavy atom. The zero-order valence-corrected chi connectivity index (χ0v) is 11.0.